The van der Waals surface area contributed by atoms with Gasteiger partial charge in [-0.1, -0.05) is 18.5 Å². The lowest BCUT2D eigenvalue weighted by molar-refractivity contribution is -0.138. The predicted octanol–water partition coefficient (Wildman–Crippen LogP) is 3.32. The topological polar surface area (TPSA) is 12.9 Å². The highest BCUT2D eigenvalue weighted by Gasteiger charge is 2.36. The maximum absolute atomic E-state index is 12.4. The van der Waals surface area contributed by atoms with Crippen molar-refractivity contribution in [2.45, 2.75) is 19.5 Å². The molecule has 0 spiro atoms. The average Bonchev–Trinajstić information content (AvgIpc) is 2.01. The van der Waals surface area contributed by atoms with Crippen molar-refractivity contribution in [1.29, 1.82) is 0 Å². The Morgan fingerprint density at radius 1 is 1.46 bits per heavy atom. The van der Waals surface area contributed by atoms with Gasteiger partial charge < -0.3 is 0 Å². The first-order chi connectivity index (χ1) is 5.96. The monoisotopic (exact) mass is 209 g/mol. The summed E-state index contributed by atoms with van der Waals surface area (Å²) in [6, 6.07) is 1.14. The molecule has 0 aliphatic heterocycles. The molecule has 5 heteroatoms. The number of hydrogen-bond donors (Lipinski definition) is 0. The molecule has 1 nitrogen and oxygen atoms in total. The van der Waals surface area contributed by atoms with E-state index in [4.69, 9.17) is 11.6 Å². The number of aromatic nitrogens is 1. The quantitative estimate of drug-likeness (QED) is 0.692. The van der Waals surface area contributed by atoms with E-state index in [2.05, 4.69) is 4.98 Å². The molecule has 0 bridgehead atoms. The van der Waals surface area contributed by atoms with Crippen LogP contribution >= 0.6 is 11.6 Å². The molecule has 0 radical (unpaired) electrons. The summed E-state index contributed by atoms with van der Waals surface area (Å²) >= 11 is 5.43. The van der Waals surface area contributed by atoms with Crippen molar-refractivity contribution in [3.63, 3.8) is 0 Å². The molecule has 1 aromatic heterocycles. The molecule has 0 unspecified atom stereocenters. The molecule has 0 aromatic carbocycles. The molecule has 0 fully saturated rings. The van der Waals surface area contributed by atoms with Crippen LogP contribution in [0.5, 0.6) is 0 Å². The van der Waals surface area contributed by atoms with Crippen molar-refractivity contribution in [3.05, 3.63) is 28.5 Å². The van der Waals surface area contributed by atoms with E-state index in [0.29, 0.717) is 0 Å². The summed E-state index contributed by atoms with van der Waals surface area (Å²) in [4.78, 5) is 3.62. The zero-order valence-electron chi connectivity index (χ0n) is 6.82. The average molecular weight is 210 g/mol. The molecule has 1 aromatic rings. The molecular formula is C8H7ClF3N. The number of aryl methyl sites for hydroxylation is 1. The van der Waals surface area contributed by atoms with Crippen LogP contribution in [0, 0.1) is 0 Å². The Kier molecular flexibility index (Phi) is 2.81. The zero-order valence-corrected chi connectivity index (χ0v) is 7.58. The maximum atomic E-state index is 12.4. The van der Waals surface area contributed by atoms with Gasteiger partial charge in [-0.05, 0) is 12.5 Å². The third-order valence-electron chi connectivity index (χ3n) is 1.60. The van der Waals surface area contributed by atoms with E-state index < -0.39 is 11.7 Å². The fourth-order valence-corrected chi connectivity index (χ4v) is 1.32. The first kappa shape index (κ1) is 10.3. The van der Waals surface area contributed by atoms with Crippen molar-refractivity contribution < 1.29 is 13.2 Å². The molecule has 72 valence electrons. The van der Waals surface area contributed by atoms with Gasteiger partial charge in [-0.3, -0.25) is 4.98 Å². The second-order valence-electron chi connectivity index (χ2n) is 2.47. The third kappa shape index (κ3) is 2.12. The first-order valence-electron chi connectivity index (χ1n) is 3.67. The van der Waals surface area contributed by atoms with Gasteiger partial charge in [0.05, 0.1) is 16.3 Å². The van der Waals surface area contributed by atoms with Crippen LogP contribution in [0.1, 0.15) is 18.2 Å². The lowest BCUT2D eigenvalue weighted by Crippen LogP contribution is -2.11. The SMILES string of the molecule is CCc1nccc(Cl)c1C(F)(F)F. The first-order valence-corrected chi connectivity index (χ1v) is 4.05. The lowest BCUT2D eigenvalue weighted by atomic mass is 10.1. The second kappa shape index (κ2) is 3.54. The van der Waals surface area contributed by atoms with Crippen molar-refractivity contribution in [2.75, 3.05) is 0 Å². The molecular weight excluding hydrogens is 203 g/mol. The van der Waals surface area contributed by atoms with Crippen molar-refractivity contribution in [1.82, 2.24) is 4.98 Å². The van der Waals surface area contributed by atoms with Crippen molar-refractivity contribution in [3.8, 4) is 0 Å². The summed E-state index contributed by atoms with van der Waals surface area (Å²) in [6.45, 7) is 1.61. The Morgan fingerprint density at radius 3 is 2.46 bits per heavy atom. The van der Waals surface area contributed by atoms with Gasteiger partial charge in [-0.25, -0.2) is 0 Å². The van der Waals surface area contributed by atoms with Gasteiger partial charge in [0, 0.05) is 6.20 Å². The second-order valence-corrected chi connectivity index (χ2v) is 2.87. The van der Waals surface area contributed by atoms with Crippen molar-refractivity contribution in [2.24, 2.45) is 0 Å². The fourth-order valence-electron chi connectivity index (χ4n) is 1.05. The highest BCUT2D eigenvalue weighted by molar-refractivity contribution is 6.31. The van der Waals surface area contributed by atoms with Crippen LogP contribution in [-0.2, 0) is 12.6 Å². The third-order valence-corrected chi connectivity index (χ3v) is 1.91. The van der Waals surface area contributed by atoms with Gasteiger partial charge in [-0.15, -0.1) is 0 Å². The van der Waals surface area contributed by atoms with Crippen molar-refractivity contribution >= 4 is 11.6 Å². The minimum atomic E-state index is -4.42. The van der Waals surface area contributed by atoms with E-state index in [1.165, 1.54) is 6.20 Å². The standard InChI is InChI=1S/C8H7ClF3N/c1-2-6-7(8(10,11)12)5(9)3-4-13-6/h3-4H,2H2,1H3. The number of nitrogens with zero attached hydrogens (tertiary/aromatic N) is 1. The summed E-state index contributed by atoms with van der Waals surface area (Å²) < 4.78 is 37.1. The summed E-state index contributed by atoms with van der Waals surface area (Å²) in [5, 5.41) is -0.292. The molecule has 0 atom stereocenters. The normalized spacial score (nSPS) is 11.8. The van der Waals surface area contributed by atoms with Crippen LogP contribution in [0.4, 0.5) is 13.2 Å². The summed E-state index contributed by atoms with van der Waals surface area (Å²) in [5.41, 5.74) is -0.834. The number of hydrogen-bond acceptors (Lipinski definition) is 1. The summed E-state index contributed by atoms with van der Waals surface area (Å²) in [7, 11) is 0. The fraction of sp³-hybridized carbons (Fsp3) is 0.375. The van der Waals surface area contributed by atoms with Gasteiger partial charge in [-0.2, -0.15) is 13.2 Å². The van der Waals surface area contributed by atoms with E-state index in [1.54, 1.807) is 6.92 Å². The molecule has 1 heterocycles. The van der Waals surface area contributed by atoms with Crippen LogP contribution in [0.3, 0.4) is 0 Å². The van der Waals surface area contributed by atoms with Gasteiger partial charge in [0.1, 0.15) is 0 Å². The van der Waals surface area contributed by atoms with Crippen LogP contribution in [-0.4, -0.2) is 4.98 Å². The highest BCUT2D eigenvalue weighted by Crippen LogP contribution is 2.36. The Bertz CT molecular complexity index is 309. The number of halogens is 4. The lowest BCUT2D eigenvalue weighted by Gasteiger charge is -2.11. The predicted molar refractivity (Wildman–Crippen MR) is 43.6 cm³/mol. The Hall–Kier alpha value is -0.770. The van der Waals surface area contributed by atoms with E-state index in [9.17, 15) is 13.2 Å². The number of alkyl halides is 3. The van der Waals surface area contributed by atoms with Crippen LogP contribution in [0.2, 0.25) is 5.02 Å². The smallest absolute Gasteiger partial charge is 0.261 e. The van der Waals surface area contributed by atoms with E-state index in [0.717, 1.165) is 6.07 Å². The number of rotatable bonds is 1. The summed E-state index contributed by atoms with van der Waals surface area (Å²) in [5.74, 6) is 0. The largest absolute Gasteiger partial charge is 0.419 e. The molecule has 0 saturated heterocycles. The Labute approximate surface area is 78.5 Å². The van der Waals surface area contributed by atoms with Gasteiger partial charge in [0.25, 0.3) is 0 Å². The van der Waals surface area contributed by atoms with Gasteiger partial charge >= 0.3 is 6.18 Å². The van der Waals surface area contributed by atoms with Gasteiger partial charge in [0.15, 0.2) is 0 Å². The minimum absolute atomic E-state index is 0.0139. The van der Waals surface area contributed by atoms with Gasteiger partial charge in [0.2, 0.25) is 0 Å². The highest BCUT2D eigenvalue weighted by atomic mass is 35.5. The molecule has 1 rings (SSSR count). The molecule has 0 aliphatic carbocycles. The van der Waals surface area contributed by atoms with E-state index in [-0.39, 0.29) is 17.1 Å². The van der Waals surface area contributed by atoms with E-state index >= 15 is 0 Å². The minimum Gasteiger partial charge on any atom is -0.261 e. The molecule has 0 amide bonds. The van der Waals surface area contributed by atoms with Crippen LogP contribution in [0.25, 0.3) is 0 Å². The maximum Gasteiger partial charge on any atom is 0.419 e. The Morgan fingerprint density at radius 2 is 2.08 bits per heavy atom. The molecule has 0 N–H and O–H groups in total. The number of pyridine rings is 1. The van der Waals surface area contributed by atoms with E-state index in [1.807, 2.05) is 0 Å². The van der Waals surface area contributed by atoms with Crippen LogP contribution < -0.4 is 0 Å². The van der Waals surface area contributed by atoms with Crippen LogP contribution in [0.15, 0.2) is 12.3 Å². The molecule has 0 aliphatic rings. The zero-order chi connectivity index (χ0) is 10.1. The molecule has 0 saturated carbocycles. The molecule has 13 heavy (non-hydrogen) atoms. The summed E-state index contributed by atoms with van der Waals surface area (Å²) in [6.07, 6.45) is -2.93. The Balaban J connectivity index is 3.32.